The number of rotatable bonds is 4. The second-order valence-electron chi connectivity index (χ2n) is 4.49. The van der Waals surface area contributed by atoms with E-state index in [4.69, 9.17) is 0 Å². The first-order valence-electron chi connectivity index (χ1n) is 5.85. The zero-order valence-electron chi connectivity index (χ0n) is 11.3. The maximum atomic E-state index is 4.33. The zero-order valence-corrected chi connectivity index (χ0v) is 11.3. The van der Waals surface area contributed by atoms with E-state index in [0.717, 1.165) is 12.3 Å². The minimum atomic E-state index is 0.485. The van der Waals surface area contributed by atoms with Crippen molar-refractivity contribution < 1.29 is 0 Å². The van der Waals surface area contributed by atoms with Crippen LogP contribution in [0.1, 0.15) is 48.0 Å². The maximum Gasteiger partial charge on any atom is 0.123 e. The first kappa shape index (κ1) is 14.2. The molecule has 0 aliphatic rings. The molecule has 2 nitrogen and oxygen atoms in total. The number of amidine groups is 1. The summed E-state index contributed by atoms with van der Waals surface area (Å²) in [4.78, 5) is 4.33. The summed E-state index contributed by atoms with van der Waals surface area (Å²) in [6.07, 6.45) is 1.12. The summed E-state index contributed by atoms with van der Waals surface area (Å²) in [5.74, 6) is 1.62. The van der Waals surface area contributed by atoms with Crippen LogP contribution in [-0.4, -0.2) is 18.9 Å². The lowest BCUT2D eigenvalue weighted by Crippen LogP contribution is -2.33. The van der Waals surface area contributed by atoms with E-state index in [-0.39, 0.29) is 0 Å². The maximum absolute atomic E-state index is 4.33. The van der Waals surface area contributed by atoms with Gasteiger partial charge in [-0.3, -0.25) is 4.99 Å². The van der Waals surface area contributed by atoms with Gasteiger partial charge < -0.3 is 5.32 Å². The van der Waals surface area contributed by atoms with Gasteiger partial charge in [0.15, 0.2) is 0 Å². The summed E-state index contributed by atoms with van der Waals surface area (Å²) in [5.41, 5.74) is 2.69. The Morgan fingerprint density at radius 3 is 2.07 bits per heavy atom. The molecule has 0 aromatic heterocycles. The summed E-state index contributed by atoms with van der Waals surface area (Å²) in [6.45, 7) is 13.1. The highest BCUT2D eigenvalue weighted by Crippen LogP contribution is 2.14. The van der Waals surface area contributed by atoms with E-state index in [1.165, 1.54) is 11.1 Å². The molecule has 0 heterocycles. The van der Waals surface area contributed by atoms with Crippen LogP contribution in [0.5, 0.6) is 0 Å². The number of nitrogens with one attached hydrogen (secondary N) is 1. The second-order valence-corrected chi connectivity index (χ2v) is 4.49. The third-order valence-electron chi connectivity index (χ3n) is 3.03. The Bertz CT molecular complexity index is 249. The highest BCUT2D eigenvalue weighted by molar-refractivity contribution is 5.98. The average molecular weight is 210 g/mol. The largest absolute Gasteiger partial charge is 0.368 e. The summed E-state index contributed by atoms with van der Waals surface area (Å²) >= 11 is 0. The fourth-order valence-electron chi connectivity index (χ4n) is 1.30. The van der Waals surface area contributed by atoms with E-state index in [9.17, 15) is 0 Å². The minimum Gasteiger partial charge on any atom is -0.368 e. The average Bonchev–Trinajstić information content (AvgIpc) is 2.23. The standard InChI is InChI=1S/C13H26N2/c1-8-10(4)15-13(14-7)12(6)11(5)9(2)3/h9-10H,8H2,1-7H3,(H,14,15)/b12-11-. The minimum absolute atomic E-state index is 0.485. The third kappa shape index (κ3) is 4.50. The molecule has 1 unspecified atom stereocenters. The predicted octanol–water partition coefficient (Wildman–Crippen LogP) is 3.40. The van der Waals surface area contributed by atoms with Gasteiger partial charge in [0, 0.05) is 13.1 Å². The summed E-state index contributed by atoms with van der Waals surface area (Å²) in [6, 6.07) is 0.485. The summed E-state index contributed by atoms with van der Waals surface area (Å²) < 4.78 is 0. The van der Waals surface area contributed by atoms with Crippen LogP contribution in [0.4, 0.5) is 0 Å². The Labute approximate surface area is 94.9 Å². The van der Waals surface area contributed by atoms with Gasteiger partial charge in [0.05, 0.1) is 0 Å². The molecule has 1 N–H and O–H groups in total. The van der Waals surface area contributed by atoms with Gasteiger partial charge in [-0.1, -0.05) is 26.3 Å². The van der Waals surface area contributed by atoms with Gasteiger partial charge in [0.25, 0.3) is 0 Å². The van der Waals surface area contributed by atoms with Crippen molar-refractivity contribution in [3.05, 3.63) is 11.1 Å². The number of nitrogens with zero attached hydrogens (tertiary/aromatic N) is 1. The molecule has 0 spiro atoms. The van der Waals surface area contributed by atoms with E-state index in [1.54, 1.807) is 0 Å². The van der Waals surface area contributed by atoms with E-state index < -0.39 is 0 Å². The van der Waals surface area contributed by atoms with Crippen LogP contribution in [0, 0.1) is 5.92 Å². The van der Waals surface area contributed by atoms with Gasteiger partial charge in [-0.15, -0.1) is 0 Å². The first-order valence-corrected chi connectivity index (χ1v) is 5.85. The van der Waals surface area contributed by atoms with E-state index in [2.05, 4.69) is 51.9 Å². The monoisotopic (exact) mass is 210 g/mol. The molecule has 15 heavy (non-hydrogen) atoms. The first-order chi connectivity index (χ1) is 6.93. The van der Waals surface area contributed by atoms with Crippen LogP contribution in [0.25, 0.3) is 0 Å². The van der Waals surface area contributed by atoms with Gasteiger partial charge in [0.2, 0.25) is 0 Å². The predicted molar refractivity (Wildman–Crippen MR) is 69.5 cm³/mol. The van der Waals surface area contributed by atoms with Crippen molar-refractivity contribution >= 4 is 5.84 Å². The smallest absolute Gasteiger partial charge is 0.123 e. The Kier molecular flexibility index (Phi) is 6.30. The van der Waals surface area contributed by atoms with Crippen LogP contribution in [0.2, 0.25) is 0 Å². The third-order valence-corrected chi connectivity index (χ3v) is 3.03. The number of hydrogen-bond donors (Lipinski definition) is 1. The molecule has 2 heteroatoms. The van der Waals surface area contributed by atoms with Crippen LogP contribution in [0.15, 0.2) is 16.1 Å². The van der Waals surface area contributed by atoms with Crippen LogP contribution in [0.3, 0.4) is 0 Å². The van der Waals surface area contributed by atoms with Gasteiger partial charge in [0.1, 0.15) is 5.84 Å². The lowest BCUT2D eigenvalue weighted by molar-refractivity contribution is 0.639. The molecule has 0 rings (SSSR count). The molecular formula is C13H26N2. The Morgan fingerprint density at radius 2 is 1.73 bits per heavy atom. The zero-order chi connectivity index (χ0) is 12.0. The van der Waals surface area contributed by atoms with Crippen LogP contribution in [-0.2, 0) is 0 Å². The van der Waals surface area contributed by atoms with Crippen molar-refractivity contribution in [2.75, 3.05) is 7.05 Å². The van der Waals surface area contributed by atoms with Gasteiger partial charge in [-0.2, -0.15) is 0 Å². The van der Waals surface area contributed by atoms with Crippen molar-refractivity contribution in [1.82, 2.24) is 5.32 Å². The lowest BCUT2D eigenvalue weighted by atomic mass is 9.99. The fraction of sp³-hybridized carbons (Fsp3) is 0.769. The molecule has 88 valence electrons. The van der Waals surface area contributed by atoms with Crippen molar-refractivity contribution in [3.8, 4) is 0 Å². The van der Waals surface area contributed by atoms with Crippen molar-refractivity contribution in [3.63, 3.8) is 0 Å². The highest BCUT2D eigenvalue weighted by Gasteiger charge is 2.09. The quantitative estimate of drug-likeness (QED) is 0.558. The van der Waals surface area contributed by atoms with E-state index in [1.807, 2.05) is 7.05 Å². The molecule has 0 aromatic carbocycles. The van der Waals surface area contributed by atoms with Crippen molar-refractivity contribution in [2.24, 2.45) is 10.9 Å². The van der Waals surface area contributed by atoms with Crippen molar-refractivity contribution in [2.45, 2.75) is 54.0 Å². The topological polar surface area (TPSA) is 24.4 Å². The molecule has 0 aromatic rings. The van der Waals surface area contributed by atoms with Gasteiger partial charge >= 0.3 is 0 Å². The Balaban J connectivity index is 4.77. The normalized spacial score (nSPS) is 16.4. The fourth-order valence-corrected chi connectivity index (χ4v) is 1.30. The SMILES string of the molecule is CCC(C)NC(=N\C)/C(C)=C(/C)C(C)C. The number of hydrogen-bond acceptors (Lipinski definition) is 1. The summed E-state index contributed by atoms with van der Waals surface area (Å²) in [7, 11) is 1.85. The van der Waals surface area contributed by atoms with E-state index >= 15 is 0 Å². The highest BCUT2D eigenvalue weighted by atomic mass is 15.0. The molecule has 1 atom stereocenters. The molecule has 0 aliphatic heterocycles. The molecule has 0 saturated heterocycles. The Hall–Kier alpha value is -0.790. The number of aliphatic imine (C=N–C) groups is 1. The molecule has 0 amide bonds. The molecular weight excluding hydrogens is 184 g/mol. The molecule has 0 radical (unpaired) electrons. The van der Waals surface area contributed by atoms with Gasteiger partial charge in [-0.05, 0) is 38.7 Å². The lowest BCUT2D eigenvalue weighted by Gasteiger charge is -2.18. The van der Waals surface area contributed by atoms with Crippen LogP contribution >= 0.6 is 0 Å². The van der Waals surface area contributed by atoms with E-state index in [0.29, 0.717) is 12.0 Å². The van der Waals surface area contributed by atoms with Gasteiger partial charge in [-0.25, -0.2) is 0 Å². The molecule has 0 fully saturated rings. The molecule has 0 aliphatic carbocycles. The summed E-state index contributed by atoms with van der Waals surface area (Å²) in [5, 5.41) is 3.44. The number of allylic oxidation sites excluding steroid dienone is 1. The van der Waals surface area contributed by atoms with Crippen molar-refractivity contribution in [1.29, 1.82) is 0 Å². The molecule has 0 saturated carbocycles. The van der Waals surface area contributed by atoms with Crippen LogP contribution < -0.4 is 5.32 Å². The second kappa shape index (κ2) is 6.65. The Morgan fingerprint density at radius 1 is 1.20 bits per heavy atom. The molecule has 0 bridgehead atoms.